The zero-order valence-electron chi connectivity index (χ0n) is 15.6. The van der Waals surface area contributed by atoms with Crippen molar-refractivity contribution in [3.05, 3.63) is 54.1 Å². The molecule has 7 nitrogen and oxygen atoms in total. The summed E-state index contributed by atoms with van der Waals surface area (Å²) < 4.78 is 0. The highest BCUT2D eigenvalue weighted by Crippen LogP contribution is 2.32. The maximum atomic E-state index is 13.2. The van der Waals surface area contributed by atoms with Gasteiger partial charge in [-0.1, -0.05) is 36.4 Å². The third-order valence-corrected chi connectivity index (χ3v) is 5.23. The summed E-state index contributed by atoms with van der Waals surface area (Å²) in [6.07, 6.45) is 0.423. The third-order valence-electron chi connectivity index (χ3n) is 5.23. The highest BCUT2D eigenvalue weighted by molar-refractivity contribution is 6.10. The van der Waals surface area contributed by atoms with E-state index in [0.29, 0.717) is 30.8 Å². The number of nitrogens with two attached hydrogens (primary N) is 1. The van der Waals surface area contributed by atoms with E-state index in [1.807, 2.05) is 49.5 Å². The van der Waals surface area contributed by atoms with E-state index in [9.17, 15) is 14.4 Å². The Labute approximate surface area is 163 Å². The molecule has 0 unspecified atom stereocenters. The van der Waals surface area contributed by atoms with Crippen LogP contribution < -0.4 is 16.0 Å². The first-order valence-corrected chi connectivity index (χ1v) is 9.45. The van der Waals surface area contributed by atoms with Crippen LogP contribution in [0.3, 0.4) is 0 Å². The monoisotopic (exact) mass is 379 g/mol. The fourth-order valence-corrected chi connectivity index (χ4v) is 3.90. The average molecular weight is 379 g/mol. The van der Waals surface area contributed by atoms with E-state index in [0.717, 1.165) is 11.1 Å². The molecule has 2 aliphatic rings. The fourth-order valence-electron chi connectivity index (χ4n) is 3.90. The fraction of sp³-hybridized carbons (Fsp3) is 0.286. The van der Waals surface area contributed by atoms with Crippen molar-refractivity contribution in [2.75, 3.05) is 25.5 Å². The van der Waals surface area contributed by atoms with Crippen molar-refractivity contribution in [1.29, 1.82) is 0 Å². The summed E-state index contributed by atoms with van der Waals surface area (Å²) in [6, 6.07) is 14.5. The molecule has 0 aliphatic carbocycles. The maximum absolute atomic E-state index is 13.2. The Morgan fingerprint density at radius 3 is 2.71 bits per heavy atom. The molecule has 2 aromatic rings. The van der Waals surface area contributed by atoms with Gasteiger partial charge in [0.05, 0.1) is 18.3 Å². The van der Waals surface area contributed by atoms with Crippen LogP contribution in [0.4, 0.5) is 5.69 Å². The number of quaternary nitrogens is 1. The van der Waals surface area contributed by atoms with Crippen molar-refractivity contribution < 1.29 is 19.7 Å². The van der Waals surface area contributed by atoms with Crippen LogP contribution in [0.25, 0.3) is 11.1 Å². The molecule has 7 heteroatoms. The van der Waals surface area contributed by atoms with Crippen molar-refractivity contribution >= 4 is 23.4 Å². The third kappa shape index (κ3) is 3.36. The minimum Gasteiger partial charge on any atom is -0.347 e. The van der Waals surface area contributed by atoms with E-state index < -0.39 is 6.04 Å². The van der Waals surface area contributed by atoms with E-state index >= 15 is 0 Å². The molecular weight excluding hydrogens is 356 g/mol. The molecule has 0 spiro atoms. The van der Waals surface area contributed by atoms with Gasteiger partial charge in [-0.3, -0.25) is 14.4 Å². The van der Waals surface area contributed by atoms with Crippen LogP contribution >= 0.6 is 0 Å². The number of likely N-dealkylation sites (N-methyl/N-ethyl adjacent to an activating group) is 1. The first-order chi connectivity index (χ1) is 13.6. The van der Waals surface area contributed by atoms with Gasteiger partial charge in [0, 0.05) is 12.6 Å². The molecule has 2 aliphatic heterocycles. The Balaban J connectivity index is 1.62. The molecule has 4 rings (SSSR count). The van der Waals surface area contributed by atoms with Gasteiger partial charge in [0.25, 0.3) is 11.8 Å². The molecule has 0 saturated carbocycles. The van der Waals surface area contributed by atoms with Crippen LogP contribution in [-0.2, 0) is 9.59 Å². The van der Waals surface area contributed by atoms with E-state index in [1.54, 1.807) is 16.3 Å². The van der Waals surface area contributed by atoms with Crippen molar-refractivity contribution in [2.24, 2.45) is 0 Å². The molecule has 0 bridgehead atoms. The van der Waals surface area contributed by atoms with Gasteiger partial charge in [-0.15, -0.1) is 0 Å². The number of nitrogens with zero attached hydrogens (tertiary/aromatic N) is 1. The number of hydrogen-bond acceptors (Lipinski definition) is 3. The van der Waals surface area contributed by atoms with E-state index in [-0.39, 0.29) is 23.8 Å². The molecule has 1 saturated heterocycles. The first kappa shape index (κ1) is 18.2. The van der Waals surface area contributed by atoms with Crippen molar-refractivity contribution in [1.82, 2.24) is 10.2 Å². The zero-order valence-corrected chi connectivity index (χ0v) is 15.6. The van der Waals surface area contributed by atoms with Gasteiger partial charge in [0.1, 0.15) is 6.04 Å². The summed E-state index contributed by atoms with van der Waals surface area (Å²) in [5, 5.41) is 7.58. The minimum atomic E-state index is -0.573. The van der Waals surface area contributed by atoms with Crippen LogP contribution in [-0.4, -0.2) is 54.8 Å². The van der Waals surface area contributed by atoms with Crippen molar-refractivity contribution in [3.8, 4) is 11.1 Å². The number of amides is 3. The predicted molar refractivity (Wildman–Crippen MR) is 105 cm³/mol. The molecule has 28 heavy (non-hydrogen) atoms. The van der Waals surface area contributed by atoms with Gasteiger partial charge < -0.3 is 20.9 Å². The average Bonchev–Trinajstić information content (AvgIpc) is 3.08. The van der Waals surface area contributed by atoms with Crippen LogP contribution in [0.1, 0.15) is 16.8 Å². The summed E-state index contributed by atoms with van der Waals surface area (Å²) in [7, 11) is 1.82. The van der Waals surface area contributed by atoms with Gasteiger partial charge in [-0.25, -0.2) is 0 Å². The normalized spacial score (nSPS) is 20.8. The molecule has 1 fully saturated rings. The van der Waals surface area contributed by atoms with E-state index in [1.165, 1.54) is 0 Å². The summed E-state index contributed by atoms with van der Waals surface area (Å²) in [4.78, 5) is 39.4. The smallest absolute Gasteiger partial charge is 0.275 e. The van der Waals surface area contributed by atoms with E-state index in [2.05, 4.69) is 10.6 Å². The Bertz CT molecular complexity index is 929. The van der Waals surface area contributed by atoms with Crippen molar-refractivity contribution in [3.63, 3.8) is 0 Å². The summed E-state index contributed by atoms with van der Waals surface area (Å²) in [5.41, 5.74) is 2.94. The number of hydrogen-bond donors (Lipinski definition) is 3. The highest BCUT2D eigenvalue weighted by Gasteiger charge is 2.43. The zero-order chi connectivity index (χ0) is 19.7. The van der Waals surface area contributed by atoms with Crippen molar-refractivity contribution in [2.45, 2.75) is 18.5 Å². The molecule has 144 valence electrons. The molecule has 0 aromatic heterocycles. The Morgan fingerprint density at radius 1 is 1.18 bits per heavy atom. The Hall–Kier alpha value is -3.19. The number of nitrogens with one attached hydrogen (secondary N) is 2. The minimum absolute atomic E-state index is 0.0928. The number of carbonyl (C=O) groups excluding carboxylic acids is 3. The van der Waals surface area contributed by atoms with E-state index in [4.69, 9.17) is 0 Å². The summed E-state index contributed by atoms with van der Waals surface area (Å²) >= 11 is 0. The molecule has 4 N–H and O–H groups in total. The lowest BCUT2D eigenvalue weighted by atomic mass is 10.0. The van der Waals surface area contributed by atoms with Gasteiger partial charge in [0.2, 0.25) is 5.91 Å². The number of carbonyl (C=O) groups is 3. The largest absolute Gasteiger partial charge is 0.347 e. The van der Waals surface area contributed by atoms with Crippen LogP contribution in [0.15, 0.2) is 48.5 Å². The quantitative estimate of drug-likeness (QED) is 0.708. The second-order valence-electron chi connectivity index (χ2n) is 7.20. The Morgan fingerprint density at radius 2 is 1.96 bits per heavy atom. The number of benzene rings is 2. The number of anilines is 1. The molecule has 2 heterocycles. The molecular formula is C21H23N4O3+. The molecule has 2 aromatic carbocycles. The lowest BCUT2D eigenvalue weighted by Gasteiger charge is -2.20. The second-order valence-corrected chi connectivity index (χ2v) is 7.20. The molecule has 0 radical (unpaired) electrons. The van der Waals surface area contributed by atoms with Gasteiger partial charge >= 0.3 is 0 Å². The SMILES string of the molecule is C[NH2+]CC(=O)N[C@H]1C[C@H]2C(=O)Nc3ccc(-c4ccccc4)cc3C(=O)N2C1. The highest BCUT2D eigenvalue weighted by atomic mass is 16.2. The van der Waals surface area contributed by atoms with Gasteiger partial charge in [0.15, 0.2) is 6.54 Å². The summed E-state index contributed by atoms with van der Waals surface area (Å²) in [6.45, 7) is 0.659. The number of fused-ring (bicyclic) bond motifs is 2. The van der Waals surface area contributed by atoms with Crippen LogP contribution in [0.5, 0.6) is 0 Å². The second kappa shape index (κ2) is 7.44. The predicted octanol–water partition coefficient (Wildman–Crippen LogP) is 0.198. The molecule has 2 atom stereocenters. The van der Waals surface area contributed by atoms with Gasteiger partial charge in [-0.05, 0) is 29.7 Å². The van der Waals surface area contributed by atoms with Crippen LogP contribution in [0.2, 0.25) is 0 Å². The Kier molecular flexibility index (Phi) is 4.83. The maximum Gasteiger partial charge on any atom is 0.275 e. The standard InChI is InChI=1S/C21H22N4O3/c1-22-11-19(26)23-15-10-18-20(27)24-17-8-7-14(13-5-3-2-4-6-13)9-16(17)21(28)25(18)12-15/h2-9,15,18,22H,10-12H2,1H3,(H,23,26)(H,24,27)/p+1/t15-,18-/m0/s1. The van der Waals surface area contributed by atoms with Gasteiger partial charge in [-0.2, -0.15) is 0 Å². The molecule has 3 amide bonds. The van der Waals surface area contributed by atoms with Crippen LogP contribution in [0, 0.1) is 0 Å². The lowest BCUT2D eigenvalue weighted by Crippen LogP contribution is -2.82. The number of rotatable bonds is 4. The summed E-state index contributed by atoms with van der Waals surface area (Å²) in [5.74, 6) is -0.488. The lowest BCUT2D eigenvalue weighted by molar-refractivity contribution is -0.615. The first-order valence-electron chi connectivity index (χ1n) is 9.45. The topological polar surface area (TPSA) is 95.1 Å².